The lowest BCUT2D eigenvalue weighted by Crippen LogP contribution is -2.32. The first-order valence-corrected chi connectivity index (χ1v) is 5.56. The molecule has 1 aliphatic rings. The Morgan fingerprint density at radius 3 is 2.93 bits per heavy atom. The number of carbonyl (C=O) groups is 1. The zero-order chi connectivity index (χ0) is 10.8. The van der Waals surface area contributed by atoms with E-state index in [9.17, 15) is 4.79 Å². The molecule has 0 amide bonds. The first kappa shape index (κ1) is 10.4. The monoisotopic (exact) mass is 206 g/mol. The molecule has 2 rings (SSSR count). The van der Waals surface area contributed by atoms with Gasteiger partial charge in [-0.1, -0.05) is 0 Å². The molecule has 2 heterocycles. The lowest BCUT2D eigenvalue weighted by Gasteiger charge is -2.19. The molecule has 0 saturated carbocycles. The summed E-state index contributed by atoms with van der Waals surface area (Å²) >= 11 is 0. The summed E-state index contributed by atoms with van der Waals surface area (Å²) < 4.78 is 1.92. The van der Waals surface area contributed by atoms with Crippen LogP contribution in [0, 0.1) is 0 Å². The second-order valence-corrected chi connectivity index (χ2v) is 4.45. The lowest BCUT2D eigenvalue weighted by molar-refractivity contribution is 0.0926. The van der Waals surface area contributed by atoms with E-state index in [4.69, 9.17) is 0 Å². The highest BCUT2D eigenvalue weighted by Gasteiger charge is 2.22. The fourth-order valence-corrected chi connectivity index (χ4v) is 2.17. The maximum absolute atomic E-state index is 11.9. The van der Waals surface area contributed by atoms with Gasteiger partial charge in [0.05, 0.1) is 6.54 Å². The van der Waals surface area contributed by atoms with Gasteiger partial charge in [0.15, 0.2) is 5.78 Å². The summed E-state index contributed by atoms with van der Waals surface area (Å²) in [5.41, 5.74) is 0.830. The standard InChI is InChI=1S/C12H18N2O/c1-10-4-3-6-14(10)9-12(15)11-5-7-13(2)8-11/h5,7-8,10H,3-4,6,9H2,1-2H3. The van der Waals surface area contributed by atoms with Gasteiger partial charge in [0, 0.05) is 31.0 Å². The third-order valence-electron chi connectivity index (χ3n) is 3.19. The molecule has 0 bridgehead atoms. The Balaban J connectivity index is 1.97. The minimum Gasteiger partial charge on any atom is -0.357 e. The Bertz CT molecular complexity index is 356. The Hall–Kier alpha value is -1.09. The quantitative estimate of drug-likeness (QED) is 0.703. The molecule has 0 spiro atoms. The van der Waals surface area contributed by atoms with Crippen LogP contribution in [0.5, 0.6) is 0 Å². The van der Waals surface area contributed by atoms with Crippen LogP contribution in [-0.4, -0.2) is 34.4 Å². The summed E-state index contributed by atoms with van der Waals surface area (Å²) in [5, 5.41) is 0. The molecule has 15 heavy (non-hydrogen) atoms. The Morgan fingerprint density at radius 2 is 2.40 bits per heavy atom. The van der Waals surface area contributed by atoms with Gasteiger partial charge in [-0.15, -0.1) is 0 Å². The number of likely N-dealkylation sites (tertiary alicyclic amines) is 1. The second-order valence-electron chi connectivity index (χ2n) is 4.45. The smallest absolute Gasteiger partial charge is 0.178 e. The number of hydrogen-bond acceptors (Lipinski definition) is 2. The average molecular weight is 206 g/mol. The van der Waals surface area contributed by atoms with E-state index >= 15 is 0 Å². The molecule has 1 fully saturated rings. The van der Waals surface area contributed by atoms with E-state index in [1.807, 2.05) is 30.1 Å². The van der Waals surface area contributed by atoms with Crippen LogP contribution in [0.15, 0.2) is 18.5 Å². The van der Waals surface area contributed by atoms with Gasteiger partial charge < -0.3 is 4.57 Å². The van der Waals surface area contributed by atoms with Crippen LogP contribution >= 0.6 is 0 Å². The first-order valence-electron chi connectivity index (χ1n) is 5.56. The molecule has 1 atom stereocenters. The van der Waals surface area contributed by atoms with Gasteiger partial charge in [-0.25, -0.2) is 0 Å². The van der Waals surface area contributed by atoms with E-state index in [2.05, 4.69) is 11.8 Å². The normalized spacial score (nSPS) is 22.1. The highest BCUT2D eigenvalue weighted by molar-refractivity contribution is 5.97. The molecule has 3 nitrogen and oxygen atoms in total. The molecule has 0 radical (unpaired) electrons. The molecule has 0 N–H and O–H groups in total. The van der Waals surface area contributed by atoms with Gasteiger partial charge in [-0.2, -0.15) is 0 Å². The van der Waals surface area contributed by atoms with E-state index in [0.717, 1.165) is 12.1 Å². The van der Waals surface area contributed by atoms with E-state index in [1.165, 1.54) is 12.8 Å². The number of Topliss-reactive ketones (excluding diaryl/α,β-unsaturated/α-hetero) is 1. The van der Waals surface area contributed by atoms with Crippen molar-refractivity contribution in [2.45, 2.75) is 25.8 Å². The van der Waals surface area contributed by atoms with Crippen molar-refractivity contribution in [2.24, 2.45) is 7.05 Å². The molecule has 1 aromatic heterocycles. The van der Waals surface area contributed by atoms with Gasteiger partial charge in [0.1, 0.15) is 0 Å². The zero-order valence-electron chi connectivity index (χ0n) is 9.44. The van der Waals surface area contributed by atoms with Crippen molar-refractivity contribution < 1.29 is 4.79 Å². The van der Waals surface area contributed by atoms with Crippen molar-refractivity contribution in [1.82, 2.24) is 9.47 Å². The van der Waals surface area contributed by atoms with E-state index in [1.54, 1.807) is 0 Å². The summed E-state index contributed by atoms with van der Waals surface area (Å²) in [7, 11) is 1.94. The van der Waals surface area contributed by atoms with Crippen molar-refractivity contribution in [3.63, 3.8) is 0 Å². The van der Waals surface area contributed by atoms with Crippen molar-refractivity contribution in [3.05, 3.63) is 24.0 Å². The first-order chi connectivity index (χ1) is 7.16. The van der Waals surface area contributed by atoms with Crippen LogP contribution in [0.25, 0.3) is 0 Å². The Labute approximate surface area is 90.7 Å². The molecule has 3 heteroatoms. The largest absolute Gasteiger partial charge is 0.357 e. The maximum atomic E-state index is 11.9. The zero-order valence-corrected chi connectivity index (χ0v) is 9.44. The van der Waals surface area contributed by atoms with Crippen LogP contribution in [-0.2, 0) is 7.05 Å². The Kier molecular flexibility index (Phi) is 2.91. The minimum atomic E-state index is 0.240. The molecular formula is C12H18N2O. The predicted molar refractivity (Wildman–Crippen MR) is 60.0 cm³/mol. The molecule has 0 aromatic carbocycles. The van der Waals surface area contributed by atoms with Crippen molar-refractivity contribution in [2.75, 3.05) is 13.1 Å². The van der Waals surface area contributed by atoms with E-state index < -0.39 is 0 Å². The molecular weight excluding hydrogens is 188 g/mol. The maximum Gasteiger partial charge on any atom is 0.178 e. The predicted octanol–water partition coefficient (Wildman–Crippen LogP) is 1.69. The summed E-state index contributed by atoms with van der Waals surface area (Å²) in [6.07, 6.45) is 6.26. The van der Waals surface area contributed by atoms with Crippen LogP contribution in [0.1, 0.15) is 30.1 Å². The third kappa shape index (κ3) is 2.29. The minimum absolute atomic E-state index is 0.240. The van der Waals surface area contributed by atoms with Crippen LogP contribution in [0.4, 0.5) is 0 Å². The average Bonchev–Trinajstić information content (AvgIpc) is 2.77. The SMILES string of the molecule is CC1CCCN1CC(=O)c1ccn(C)c1. The van der Waals surface area contributed by atoms with Crippen molar-refractivity contribution >= 4 is 5.78 Å². The van der Waals surface area contributed by atoms with Crippen LogP contribution < -0.4 is 0 Å². The fraction of sp³-hybridized carbons (Fsp3) is 0.583. The molecule has 0 aliphatic carbocycles. The van der Waals surface area contributed by atoms with E-state index in [-0.39, 0.29) is 5.78 Å². The number of ketones is 1. The van der Waals surface area contributed by atoms with Crippen molar-refractivity contribution in [1.29, 1.82) is 0 Å². The molecule has 1 aliphatic heterocycles. The number of aromatic nitrogens is 1. The highest BCUT2D eigenvalue weighted by atomic mass is 16.1. The van der Waals surface area contributed by atoms with Crippen LogP contribution in [0.3, 0.4) is 0 Å². The fourth-order valence-electron chi connectivity index (χ4n) is 2.17. The van der Waals surface area contributed by atoms with Gasteiger partial charge in [-0.05, 0) is 32.4 Å². The lowest BCUT2D eigenvalue weighted by atomic mass is 10.2. The summed E-state index contributed by atoms with van der Waals surface area (Å²) in [4.78, 5) is 14.2. The number of rotatable bonds is 3. The highest BCUT2D eigenvalue weighted by Crippen LogP contribution is 2.16. The summed E-state index contributed by atoms with van der Waals surface area (Å²) in [5.74, 6) is 0.240. The van der Waals surface area contributed by atoms with Gasteiger partial charge in [0.2, 0.25) is 0 Å². The third-order valence-corrected chi connectivity index (χ3v) is 3.19. The number of nitrogens with zero attached hydrogens (tertiary/aromatic N) is 2. The van der Waals surface area contributed by atoms with E-state index in [0.29, 0.717) is 12.6 Å². The van der Waals surface area contributed by atoms with Gasteiger partial charge in [-0.3, -0.25) is 9.69 Å². The van der Waals surface area contributed by atoms with Crippen molar-refractivity contribution in [3.8, 4) is 0 Å². The molecule has 1 unspecified atom stereocenters. The summed E-state index contributed by atoms with van der Waals surface area (Å²) in [6.45, 7) is 3.84. The van der Waals surface area contributed by atoms with Gasteiger partial charge >= 0.3 is 0 Å². The molecule has 82 valence electrons. The van der Waals surface area contributed by atoms with Gasteiger partial charge in [0.25, 0.3) is 0 Å². The number of carbonyl (C=O) groups excluding carboxylic acids is 1. The number of aryl methyl sites for hydroxylation is 1. The second kappa shape index (κ2) is 4.19. The topological polar surface area (TPSA) is 25.2 Å². The molecule has 1 aromatic rings. The van der Waals surface area contributed by atoms with Crippen LogP contribution in [0.2, 0.25) is 0 Å². The Morgan fingerprint density at radius 1 is 1.60 bits per heavy atom. The summed E-state index contributed by atoms with van der Waals surface area (Å²) in [6, 6.07) is 2.46. The number of hydrogen-bond donors (Lipinski definition) is 0. The molecule has 1 saturated heterocycles.